The van der Waals surface area contributed by atoms with Crippen LogP contribution in [-0.4, -0.2) is 19.0 Å². The molecule has 1 aliphatic heterocycles. The van der Waals surface area contributed by atoms with Gasteiger partial charge in [-0.2, -0.15) is 0 Å². The van der Waals surface area contributed by atoms with E-state index in [0.717, 1.165) is 0 Å². The highest BCUT2D eigenvalue weighted by atomic mass is 35.5. The molecule has 4 N–H and O–H groups in total. The van der Waals surface area contributed by atoms with Crippen LogP contribution in [-0.2, 0) is 4.79 Å². The van der Waals surface area contributed by atoms with Gasteiger partial charge in [0.25, 0.3) is 0 Å². The van der Waals surface area contributed by atoms with Crippen molar-refractivity contribution in [2.75, 3.05) is 23.7 Å². The van der Waals surface area contributed by atoms with E-state index >= 15 is 0 Å². The average molecular weight is 258 g/mol. The molecular formula is C11H13ClFN3O. The van der Waals surface area contributed by atoms with Crippen molar-refractivity contribution < 1.29 is 9.18 Å². The first-order valence-electron chi connectivity index (χ1n) is 5.28. The summed E-state index contributed by atoms with van der Waals surface area (Å²) in [4.78, 5) is 12.9. The molecule has 1 aromatic rings. The second-order valence-corrected chi connectivity index (χ2v) is 4.57. The third-order valence-corrected chi connectivity index (χ3v) is 3.29. The second kappa shape index (κ2) is 4.41. The van der Waals surface area contributed by atoms with E-state index in [2.05, 4.69) is 0 Å². The zero-order valence-corrected chi connectivity index (χ0v) is 9.88. The molecule has 1 unspecified atom stereocenters. The van der Waals surface area contributed by atoms with E-state index in [-0.39, 0.29) is 16.8 Å². The fourth-order valence-corrected chi connectivity index (χ4v) is 2.21. The molecule has 17 heavy (non-hydrogen) atoms. The van der Waals surface area contributed by atoms with Gasteiger partial charge in [0.2, 0.25) is 5.91 Å². The molecule has 4 nitrogen and oxygen atoms in total. The van der Waals surface area contributed by atoms with E-state index < -0.39 is 5.82 Å². The Labute approximate surface area is 103 Å². The Morgan fingerprint density at radius 2 is 2.24 bits per heavy atom. The smallest absolute Gasteiger partial charge is 0.222 e. The van der Waals surface area contributed by atoms with E-state index in [1.54, 1.807) is 0 Å². The summed E-state index contributed by atoms with van der Waals surface area (Å²) in [6, 6.07) is 2.67. The first kappa shape index (κ1) is 12.0. The van der Waals surface area contributed by atoms with E-state index in [0.29, 0.717) is 30.9 Å². The van der Waals surface area contributed by atoms with Crippen LogP contribution in [0, 0.1) is 11.7 Å². The van der Waals surface area contributed by atoms with Crippen LogP contribution in [0.15, 0.2) is 12.1 Å². The van der Waals surface area contributed by atoms with Crippen LogP contribution in [0.1, 0.15) is 6.42 Å². The summed E-state index contributed by atoms with van der Waals surface area (Å²) in [6.07, 6.45) is 0.666. The van der Waals surface area contributed by atoms with Gasteiger partial charge in [0.1, 0.15) is 5.82 Å². The predicted molar refractivity (Wildman–Crippen MR) is 65.3 cm³/mol. The van der Waals surface area contributed by atoms with E-state index in [4.69, 9.17) is 23.1 Å². The van der Waals surface area contributed by atoms with Crippen molar-refractivity contribution in [1.29, 1.82) is 0 Å². The van der Waals surface area contributed by atoms with Gasteiger partial charge in [-0.15, -0.1) is 0 Å². The normalized spacial score (nSPS) is 19.6. The number of halogens is 2. The number of hydrogen-bond acceptors (Lipinski definition) is 3. The Morgan fingerprint density at radius 3 is 2.82 bits per heavy atom. The Bertz CT molecular complexity index is 466. The zero-order valence-electron chi connectivity index (χ0n) is 9.12. The fourth-order valence-electron chi connectivity index (χ4n) is 2.04. The SMILES string of the molecule is NC(=O)C1CCN(c2cc(F)c(Cl)cc2N)C1. The van der Waals surface area contributed by atoms with Crippen molar-refractivity contribution in [2.24, 2.45) is 11.7 Å². The van der Waals surface area contributed by atoms with Gasteiger partial charge in [-0.25, -0.2) is 4.39 Å². The molecule has 1 fully saturated rings. The molecule has 1 saturated heterocycles. The number of nitrogens with zero attached hydrogens (tertiary/aromatic N) is 1. The largest absolute Gasteiger partial charge is 0.397 e. The number of amides is 1. The minimum atomic E-state index is -0.515. The Hall–Kier alpha value is -1.49. The molecule has 0 spiro atoms. The molecule has 1 aromatic carbocycles. The van der Waals surface area contributed by atoms with Crippen LogP contribution in [0.5, 0.6) is 0 Å². The zero-order chi connectivity index (χ0) is 12.6. The van der Waals surface area contributed by atoms with Crippen LogP contribution in [0.2, 0.25) is 5.02 Å². The maximum atomic E-state index is 13.4. The Morgan fingerprint density at radius 1 is 1.53 bits per heavy atom. The minimum absolute atomic E-state index is 0.00287. The number of rotatable bonds is 2. The van der Waals surface area contributed by atoms with Crippen LogP contribution >= 0.6 is 11.6 Å². The quantitative estimate of drug-likeness (QED) is 0.786. The lowest BCUT2D eigenvalue weighted by molar-refractivity contribution is -0.121. The van der Waals surface area contributed by atoms with E-state index in [9.17, 15) is 9.18 Å². The molecular weight excluding hydrogens is 245 g/mol. The molecule has 1 aliphatic rings. The van der Waals surface area contributed by atoms with Crippen LogP contribution in [0.4, 0.5) is 15.8 Å². The average Bonchev–Trinajstić information content (AvgIpc) is 2.72. The minimum Gasteiger partial charge on any atom is -0.397 e. The van der Waals surface area contributed by atoms with Crippen molar-refractivity contribution in [3.05, 3.63) is 23.0 Å². The number of primary amides is 1. The number of nitrogen functional groups attached to an aromatic ring is 1. The number of hydrogen-bond donors (Lipinski definition) is 2. The maximum absolute atomic E-state index is 13.4. The van der Waals surface area contributed by atoms with E-state index in [1.807, 2.05) is 4.90 Å². The van der Waals surface area contributed by atoms with Crippen molar-refractivity contribution >= 4 is 28.9 Å². The molecule has 0 saturated carbocycles. The predicted octanol–water partition coefficient (Wildman–Crippen LogP) is 1.37. The Balaban J connectivity index is 2.24. The lowest BCUT2D eigenvalue weighted by Gasteiger charge is -2.20. The molecule has 0 bridgehead atoms. The molecule has 1 atom stereocenters. The third-order valence-electron chi connectivity index (χ3n) is 3.00. The van der Waals surface area contributed by atoms with Crippen molar-refractivity contribution in [1.82, 2.24) is 0 Å². The van der Waals surface area contributed by atoms with Gasteiger partial charge in [-0.3, -0.25) is 4.79 Å². The van der Waals surface area contributed by atoms with Gasteiger partial charge in [0.05, 0.1) is 22.3 Å². The van der Waals surface area contributed by atoms with Gasteiger partial charge in [-0.1, -0.05) is 11.6 Å². The van der Waals surface area contributed by atoms with Gasteiger partial charge in [-0.05, 0) is 12.5 Å². The molecule has 92 valence electrons. The molecule has 0 aliphatic carbocycles. The van der Waals surface area contributed by atoms with Gasteiger partial charge in [0.15, 0.2) is 0 Å². The lowest BCUT2D eigenvalue weighted by atomic mass is 10.1. The van der Waals surface area contributed by atoms with E-state index in [1.165, 1.54) is 12.1 Å². The highest BCUT2D eigenvalue weighted by Crippen LogP contribution is 2.32. The topological polar surface area (TPSA) is 72.4 Å². The molecule has 0 aromatic heterocycles. The lowest BCUT2D eigenvalue weighted by Crippen LogP contribution is -2.27. The molecule has 2 rings (SSSR count). The summed E-state index contributed by atoms with van der Waals surface area (Å²) in [6.45, 7) is 1.11. The second-order valence-electron chi connectivity index (χ2n) is 4.16. The van der Waals surface area contributed by atoms with Crippen LogP contribution < -0.4 is 16.4 Å². The van der Waals surface area contributed by atoms with Crippen molar-refractivity contribution in [3.8, 4) is 0 Å². The molecule has 1 heterocycles. The number of anilines is 2. The number of benzene rings is 1. The summed E-state index contributed by atoms with van der Waals surface area (Å²) in [7, 11) is 0. The summed E-state index contributed by atoms with van der Waals surface area (Å²) in [5.74, 6) is -1.05. The number of nitrogens with two attached hydrogens (primary N) is 2. The molecule has 6 heteroatoms. The van der Waals surface area contributed by atoms with Crippen LogP contribution in [0.3, 0.4) is 0 Å². The summed E-state index contributed by atoms with van der Waals surface area (Å²) < 4.78 is 13.4. The molecule has 1 amide bonds. The monoisotopic (exact) mass is 257 g/mol. The maximum Gasteiger partial charge on any atom is 0.222 e. The standard InChI is InChI=1S/C11H13ClFN3O/c12-7-3-9(14)10(4-8(7)13)16-2-1-6(5-16)11(15)17/h3-4,6H,1-2,5,14H2,(H2,15,17). The highest BCUT2D eigenvalue weighted by molar-refractivity contribution is 6.31. The van der Waals surface area contributed by atoms with Crippen LogP contribution in [0.25, 0.3) is 0 Å². The third kappa shape index (κ3) is 2.29. The molecule has 0 radical (unpaired) electrons. The fraction of sp³-hybridized carbons (Fsp3) is 0.364. The summed E-state index contributed by atoms with van der Waals surface area (Å²) in [5.41, 5.74) is 12.0. The van der Waals surface area contributed by atoms with Crippen molar-refractivity contribution in [3.63, 3.8) is 0 Å². The number of carbonyl (C=O) groups is 1. The first-order valence-corrected chi connectivity index (χ1v) is 5.65. The first-order chi connectivity index (χ1) is 7.99. The van der Waals surface area contributed by atoms with Crippen molar-refractivity contribution in [2.45, 2.75) is 6.42 Å². The Kier molecular flexibility index (Phi) is 3.11. The van der Waals surface area contributed by atoms with Gasteiger partial charge >= 0.3 is 0 Å². The van der Waals surface area contributed by atoms with Gasteiger partial charge in [0, 0.05) is 19.2 Å². The highest BCUT2D eigenvalue weighted by Gasteiger charge is 2.28. The van der Waals surface area contributed by atoms with Gasteiger partial charge < -0.3 is 16.4 Å². The number of carbonyl (C=O) groups excluding carboxylic acids is 1. The summed E-state index contributed by atoms with van der Waals surface area (Å²) >= 11 is 5.62. The summed E-state index contributed by atoms with van der Waals surface area (Å²) in [5, 5.41) is -0.00287.